The Balaban J connectivity index is 2.75. The highest BCUT2D eigenvalue weighted by Crippen LogP contribution is 2.29. The van der Waals surface area contributed by atoms with E-state index in [-0.39, 0.29) is 0 Å². The van der Waals surface area contributed by atoms with Crippen LogP contribution in [0.5, 0.6) is 0 Å². The van der Waals surface area contributed by atoms with Gasteiger partial charge in [-0.05, 0) is 67.7 Å². The fraction of sp³-hybridized carbons (Fsp3) is 0.700. The van der Waals surface area contributed by atoms with E-state index < -0.39 is 0 Å². The first-order chi connectivity index (χ1) is 9.74. The first kappa shape index (κ1) is 18.2. The van der Waals surface area contributed by atoms with Crippen LogP contribution >= 0.6 is 0 Å². The number of aryl methyl sites for hydroxylation is 2. The average molecular weight is 290 g/mol. The van der Waals surface area contributed by atoms with Gasteiger partial charge in [-0.3, -0.25) is 0 Å². The fourth-order valence-corrected chi connectivity index (χ4v) is 2.58. The lowest BCUT2D eigenvalue weighted by atomic mass is 9.77. The number of hydrogen-bond acceptors (Lipinski definition) is 1. The molecule has 1 N–H and O–H groups in total. The van der Waals surface area contributed by atoms with E-state index in [0.717, 1.165) is 18.9 Å². The molecule has 1 rings (SSSR count). The van der Waals surface area contributed by atoms with Gasteiger partial charge in [0.1, 0.15) is 0 Å². The monoisotopic (exact) mass is 289 g/mol. The lowest BCUT2D eigenvalue weighted by Crippen LogP contribution is -2.35. The van der Waals surface area contributed by atoms with Crippen LogP contribution in [0.4, 0.5) is 0 Å². The van der Waals surface area contributed by atoms with Crippen molar-refractivity contribution in [2.45, 2.75) is 73.8 Å². The zero-order valence-electron chi connectivity index (χ0n) is 15.2. The number of nitrogens with one attached hydrogen (secondary N) is 1. The molecule has 0 aromatic heterocycles. The molecule has 0 fully saturated rings. The molecule has 0 amide bonds. The molecule has 0 saturated heterocycles. The van der Waals surface area contributed by atoms with Gasteiger partial charge >= 0.3 is 0 Å². The molecule has 120 valence electrons. The molecule has 0 saturated carbocycles. The predicted molar refractivity (Wildman–Crippen MR) is 94.9 cm³/mol. The maximum atomic E-state index is 3.75. The summed E-state index contributed by atoms with van der Waals surface area (Å²) in [5.41, 5.74) is 4.65. The van der Waals surface area contributed by atoms with E-state index in [1.807, 2.05) is 0 Å². The van der Waals surface area contributed by atoms with Crippen molar-refractivity contribution in [3.05, 3.63) is 34.9 Å². The second-order valence-electron chi connectivity index (χ2n) is 7.78. The number of benzene rings is 1. The van der Waals surface area contributed by atoms with Crippen molar-refractivity contribution in [3.63, 3.8) is 0 Å². The summed E-state index contributed by atoms with van der Waals surface area (Å²) in [5.74, 6) is 0.721. The third kappa shape index (κ3) is 6.22. The topological polar surface area (TPSA) is 12.0 Å². The molecule has 21 heavy (non-hydrogen) atoms. The third-order valence-electron chi connectivity index (χ3n) is 4.85. The van der Waals surface area contributed by atoms with E-state index in [0.29, 0.717) is 11.5 Å². The van der Waals surface area contributed by atoms with Gasteiger partial charge in [-0.1, -0.05) is 52.8 Å². The van der Waals surface area contributed by atoms with E-state index in [9.17, 15) is 0 Å². The maximum absolute atomic E-state index is 3.75. The van der Waals surface area contributed by atoms with Crippen molar-refractivity contribution >= 4 is 0 Å². The molecule has 2 unspecified atom stereocenters. The lowest BCUT2D eigenvalue weighted by molar-refractivity contribution is 0.222. The Hall–Kier alpha value is -0.820. The number of rotatable bonds is 7. The highest BCUT2D eigenvalue weighted by atomic mass is 14.9. The van der Waals surface area contributed by atoms with Crippen molar-refractivity contribution in [1.29, 1.82) is 0 Å². The molecule has 1 nitrogen and oxygen atoms in total. The minimum atomic E-state index is 0.384. The van der Waals surface area contributed by atoms with Crippen molar-refractivity contribution in [1.82, 2.24) is 5.32 Å². The minimum absolute atomic E-state index is 0.384. The lowest BCUT2D eigenvalue weighted by Gasteiger charge is -2.31. The summed E-state index contributed by atoms with van der Waals surface area (Å²) < 4.78 is 0. The smallest absolute Gasteiger partial charge is 0.0110 e. The second kappa shape index (κ2) is 7.98. The summed E-state index contributed by atoms with van der Waals surface area (Å²) in [6.45, 7) is 17.2. The van der Waals surface area contributed by atoms with Crippen LogP contribution in [0.2, 0.25) is 0 Å². The van der Waals surface area contributed by atoms with E-state index in [1.54, 1.807) is 0 Å². The van der Waals surface area contributed by atoms with Crippen LogP contribution < -0.4 is 5.32 Å². The van der Waals surface area contributed by atoms with Crippen LogP contribution in [0.25, 0.3) is 0 Å². The van der Waals surface area contributed by atoms with E-state index >= 15 is 0 Å². The molecule has 0 aliphatic heterocycles. The Labute approximate surface area is 132 Å². The summed E-state index contributed by atoms with van der Waals surface area (Å²) in [5, 5.41) is 3.75. The highest BCUT2D eigenvalue weighted by molar-refractivity contribution is 5.30. The van der Waals surface area contributed by atoms with Gasteiger partial charge < -0.3 is 5.32 Å². The Kier molecular flexibility index (Phi) is 6.93. The van der Waals surface area contributed by atoms with Crippen LogP contribution in [-0.2, 0) is 6.42 Å². The normalized spacial score (nSPS) is 15.0. The summed E-state index contributed by atoms with van der Waals surface area (Å²) in [4.78, 5) is 0. The Morgan fingerprint density at radius 2 is 1.76 bits per heavy atom. The molecule has 2 atom stereocenters. The first-order valence-corrected chi connectivity index (χ1v) is 8.53. The van der Waals surface area contributed by atoms with E-state index in [1.165, 1.54) is 29.5 Å². The van der Waals surface area contributed by atoms with Gasteiger partial charge in [0.25, 0.3) is 0 Å². The molecule has 0 bridgehead atoms. The van der Waals surface area contributed by atoms with Crippen LogP contribution in [0.1, 0.15) is 64.2 Å². The fourth-order valence-electron chi connectivity index (χ4n) is 2.58. The minimum Gasteiger partial charge on any atom is -0.314 e. The van der Waals surface area contributed by atoms with Crippen LogP contribution in [0.15, 0.2) is 18.2 Å². The Morgan fingerprint density at radius 3 is 2.29 bits per heavy atom. The first-order valence-electron chi connectivity index (χ1n) is 8.53. The molecule has 0 radical (unpaired) electrons. The largest absolute Gasteiger partial charge is 0.314 e. The summed E-state index contributed by atoms with van der Waals surface area (Å²) in [6, 6.07) is 7.50. The molecule has 0 aliphatic rings. The van der Waals surface area contributed by atoms with E-state index in [2.05, 4.69) is 72.0 Å². The van der Waals surface area contributed by atoms with Crippen molar-refractivity contribution in [2.24, 2.45) is 11.3 Å². The molecule has 0 heterocycles. The number of hydrogen-bond donors (Lipinski definition) is 1. The van der Waals surface area contributed by atoms with Gasteiger partial charge in [-0.25, -0.2) is 0 Å². The van der Waals surface area contributed by atoms with Crippen molar-refractivity contribution in [2.75, 3.05) is 6.54 Å². The molecule has 1 heteroatoms. The molecular formula is C20H35N. The summed E-state index contributed by atoms with van der Waals surface area (Å²) in [7, 11) is 0. The molecule has 1 aromatic rings. The quantitative estimate of drug-likeness (QED) is 0.719. The molecule has 1 aromatic carbocycles. The van der Waals surface area contributed by atoms with Gasteiger partial charge in [0, 0.05) is 6.04 Å². The van der Waals surface area contributed by atoms with Crippen LogP contribution in [-0.4, -0.2) is 12.6 Å². The van der Waals surface area contributed by atoms with Gasteiger partial charge in [-0.15, -0.1) is 0 Å². The van der Waals surface area contributed by atoms with Gasteiger partial charge in [0.05, 0.1) is 0 Å². The second-order valence-corrected chi connectivity index (χ2v) is 7.78. The predicted octanol–water partition coefficient (Wildman–Crippen LogP) is 5.29. The molecule has 0 spiro atoms. The SMILES string of the molecule is CCCNC(Cc1ccc(C)c(C)c1)CC(C)C(C)(C)C. The third-order valence-corrected chi connectivity index (χ3v) is 4.85. The zero-order valence-corrected chi connectivity index (χ0v) is 15.2. The Bertz CT molecular complexity index is 428. The van der Waals surface area contributed by atoms with Crippen LogP contribution in [0, 0.1) is 25.2 Å². The van der Waals surface area contributed by atoms with Crippen LogP contribution in [0.3, 0.4) is 0 Å². The van der Waals surface area contributed by atoms with E-state index in [4.69, 9.17) is 0 Å². The zero-order chi connectivity index (χ0) is 16.0. The van der Waals surface area contributed by atoms with Crippen molar-refractivity contribution < 1.29 is 0 Å². The van der Waals surface area contributed by atoms with Gasteiger partial charge in [-0.2, -0.15) is 0 Å². The average Bonchev–Trinajstić information content (AvgIpc) is 2.39. The summed E-state index contributed by atoms with van der Waals surface area (Å²) in [6.07, 6.45) is 3.59. The standard InChI is InChI=1S/C20H35N/c1-8-11-21-19(13-17(4)20(5,6)7)14-18-10-9-15(2)16(3)12-18/h9-10,12,17,19,21H,8,11,13-14H2,1-7H3. The summed E-state index contributed by atoms with van der Waals surface area (Å²) >= 11 is 0. The molecular weight excluding hydrogens is 254 g/mol. The highest BCUT2D eigenvalue weighted by Gasteiger charge is 2.23. The van der Waals surface area contributed by atoms with Gasteiger partial charge in [0.15, 0.2) is 0 Å². The maximum Gasteiger partial charge on any atom is 0.0110 e. The van der Waals surface area contributed by atoms with Gasteiger partial charge in [0.2, 0.25) is 0 Å². The van der Waals surface area contributed by atoms with Crippen molar-refractivity contribution in [3.8, 4) is 0 Å². The Morgan fingerprint density at radius 1 is 1.10 bits per heavy atom. The molecule has 0 aliphatic carbocycles.